The number of nitrogens with one attached hydrogen (secondary N) is 2. The summed E-state index contributed by atoms with van der Waals surface area (Å²) in [6, 6.07) is 2.71. The van der Waals surface area contributed by atoms with Crippen LogP contribution >= 0.6 is 11.3 Å². The fourth-order valence-electron chi connectivity index (χ4n) is 2.36. The highest BCUT2D eigenvalue weighted by Gasteiger charge is 2.15. The zero-order chi connectivity index (χ0) is 12.4. The Kier molecular flexibility index (Phi) is 3.43. The number of fused-ring (bicyclic) bond motifs is 1. The van der Waals surface area contributed by atoms with Gasteiger partial charge in [-0.15, -0.1) is 11.3 Å². The van der Waals surface area contributed by atoms with E-state index in [1.807, 2.05) is 0 Å². The Balaban J connectivity index is 1.88. The summed E-state index contributed by atoms with van der Waals surface area (Å²) in [6.45, 7) is 4.34. The molecule has 0 aromatic carbocycles. The molecule has 1 aliphatic rings. The van der Waals surface area contributed by atoms with Crippen molar-refractivity contribution in [3.05, 3.63) is 17.3 Å². The molecule has 0 bridgehead atoms. The first-order valence-corrected chi connectivity index (χ1v) is 7.39. The van der Waals surface area contributed by atoms with Crippen LogP contribution < -0.4 is 10.6 Å². The van der Waals surface area contributed by atoms with E-state index in [4.69, 9.17) is 0 Å². The Morgan fingerprint density at radius 1 is 1.50 bits per heavy atom. The first-order valence-electron chi connectivity index (χ1n) is 6.57. The number of hydrogen-bond acceptors (Lipinski definition) is 5. The first-order chi connectivity index (χ1) is 8.86. The van der Waals surface area contributed by atoms with Gasteiger partial charge in [0, 0.05) is 17.5 Å². The highest BCUT2D eigenvalue weighted by molar-refractivity contribution is 7.18. The van der Waals surface area contributed by atoms with Crippen molar-refractivity contribution in [2.45, 2.75) is 32.2 Å². The molecule has 96 valence electrons. The van der Waals surface area contributed by atoms with Crippen LogP contribution in [-0.4, -0.2) is 29.1 Å². The van der Waals surface area contributed by atoms with E-state index in [1.54, 1.807) is 17.7 Å². The molecule has 0 spiro atoms. The Labute approximate surface area is 111 Å². The molecule has 4 nitrogen and oxygen atoms in total. The summed E-state index contributed by atoms with van der Waals surface area (Å²) < 4.78 is 0. The Hall–Kier alpha value is -1.20. The second-order valence-electron chi connectivity index (χ2n) is 4.69. The number of anilines is 1. The Morgan fingerprint density at radius 2 is 2.44 bits per heavy atom. The van der Waals surface area contributed by atoms with E-state index < -0.39 is 0 Å². The molecule has 2 aromatic heterocycles. The molecule has 1 aliphatic heterocycles. The fraction of sp³-hybridized carbons (Fsp3) is 0.538. The van der Waals surface area contributed by atoms with Crippen molar-refractivity contribution in [1.82, 2.24) is 15.3 Å². The van der Waals surface area contributed by atoms with Gasteiger partial charge in [0.25, 0.3) is 0 Å². The largest absolute Gasteiger partial charge is 0.365 e. The minimum Gasteiger partial charge on any atom is -0.365 e. The van der Waals surface area contributed by atoms with Crippen LogP contribution in [0.15, 0.2) is 12.4 Å². The van der Waals surface area contributed by atoms with Gasteiger partial charge in [0.05, 0.1) is 5.39 Å². The summed E-state index contributed by atoms with van der Waals surface area (Å²) in [4.78, 5) is 11.2. The van der Waals surface area contributed by atoms with Gasteiger partial charge >= 0.3 is 0 Å². The summed E-state index contributed by atoms with van der Waals surface area (Å²) in [6.07, 6.45) is 5.17. The predicted molar refractivity (Wildman–Crippen MR) is 76.3 cm³/mol. The van der Waals surface area contributed by atoms with Crippen molar-refractivity contribution in [3.8, 4) is 0 Å². The van der Waals surface area contributed by atoms with Crippen LogP contribution in [0.1, 0.15) is 24.6 Å². The number of thiophene rings is 1. The van der Waals surface area contributed by atoms with E-state index in [2.05, 4.69) is 33.6 Å². The van der Waals surface area contributed by atoms with Gasteiger partial charge in [0.1, 0.15) is 17.0 Å². The maximum absolute atomic E-state index is 4.41. The summed E-state index contributed by atoms with van der Waals surface area (Å²) in [5, 5.41) is 8.14. The number of hydrogen-bond donors (Lipinski definition) is 2. The van der Waals surface area contributed by atoms with Crippen LogP contribution in [0.2, 0.25) is 0 Å². The lowest BCUT2D eigenvalue weighted by molar-refractivity contribution is 0.479. The number of nitrogens with zero attached hydrogens (tertiary/aromatic N) is 2. The van der Waals surface area contributed by atoms with Gasteiger partial charge in [-0.3, -0.25) is 0 Å². The molecule has 3 rings (SSSR count). The van der Waals surface area contributed by atoms with Crippen LogP contribution in [-0.2, 0) is 6.42 Å². The molecule has 2 aromatic rings. The van der Waals surface area contributed by atoms with Crippen LogP contribution in [0.3, 0.4) is 0 Å². The predicted octanol–water partition coefficient (Wildman–Crippen LogP) is 2.42. The van der Waals surface area contributed by atoms with Gasteiger partial charge in [-0.05, 0) is 31.9 Å². The van der Waals surface area contributed by atoms with Crippen molar-refractivity contribution in [1.29, 1.82) is 0 Å². The quantitative estimate of drug-likeness (QED) is 0.892. The zero-order valence-corrected chi connectivity index (χ0v) is 11.4. The summed E-state index contributed by atoms with van der Waals surface area (Å²) in [7, 11) is 0. The van der Waals surface area contributed by atoms with E-state index in [9.17, 15) is 0 Å². The lowest BCUT2D eigenvalue weighted by atomic mass is 10.1. The average molecular weight is 262 g/mol. The molecule has 0 aliphatic carbocycles. The number of piperidine rings is 1. The van der Waals surface area contributed by atoms with Crippen LogP contribution in [0.25, 0.3) is 10.2 Å². The second kappa shape index (κ2) is 5.20. The fourth-order valence-corrected chi connectivity index (χ4v) is 3.30. The lowest BCUT2D eigenvalue weighted by Crippen LogP contribution is -2.38. The van der Waals surface area contributed by atoms with Gasteiger partial charge in [-0.2, -0.15) is 0 Å². The first kappa shape index (κ1) is 11.9. The second-order valence-corrected chi connectivity index (χ2v) is 5.81. The van der Waals surface area contributed by atoms with Crippen molar-refractivity contribution in [2.24, 2.45) is 0 Å². The minimum atomic E-state index is 0.488. The van der Waals surface area contributed by atoms with Crippen molar-refractivity contribution in [3.63, 3.8) is 0 Å². The molecule has 3 heterocycles. The topological polar surface area (TPSA) is 49.8 Å². The van der Waals surface area contributed by atoms with E-state index in [-0.39, 0.29) is 0 Å². The molecular weight excluding hydrogens is 244 g/mol. The molecule has 1 fully saturated rings. The molecule has 1 atom stereocenters. The standard InChI is InChI=1S/C13H18N4S/c1-2-10-6-11-12(15-8-16-13(11)18-10)17-9-4-3-5-14-7-9/h6,8-9,14H,2-5,7H2,1H3,(H,15,16,17). The average Bonchev–Trinajstić information content (AvgIpc) is 2.84. The maximum atomic E-state index is 4.41. The minimum absolute atomic E-state index is 0.488. The van der Waals surface area contributed by atoms with Crippen LogP contribution in [0.5, 0.6) is 0 Å². The van der Waals surface area contributed by atoms with Crippen LogP contribution in [0.4, 0.5) is 5.82 Å². The monoisotopic (exact) mass is 262 g/mol. The summed E-state index contributed by atoms with van der Waals surface area (Å²) in [5.74, 6) is 0.990. The third-order valence-corrected chi connectivity index (χ3v) is 4.55. The molecule has 1 saturated heterocycles. The SMILES string of the molecule is CCc1cc2c(NC3CCCNC3)ncnc2s1. The van der Waals surface area contributed by atoms with Gasteiger partial charge in [-0.1, -0.05) is 6.92 Å². The molecule has 0 saturated carbocycles. The molecule has 5 heteroatoms. The highest BCUT2D eigenvalue weighted by Crippen LogP contribution is 2.29. The van der Waals surface area contributed by atoms with Crippen molar-refractivity contribution >= 4 is 27.4 Å². The molecular formula is C13H18N4S. The van der Waals surface area contributed by atoms with Crippen LogP contribution in [0, 0.1) is 0 Å². The normalized spacial score (nSPS) is 20.2. The maximum Gasteiger partial charge on any atom is 0.138 e. The summed E-state index contributed by atoms with van der Waals surface area (Å²) in [5.41, 5.74) is 0. The molecule has 0 amide bonds. The Bertz CT molecular complexity index is 531. The van der Waals surface area contributed by atoms with Gasteiger partial charge < -0.3 is 10.6 Å². The number of rotatable bonds is 3. The van der Waals surface area contributed by atoms with E-state index in [0.29, 0.717) is 6.04 Å². The number of aryl methyl sites for hydroxylation is 1. The zero-order valence-electron chi connectivity index (χ0n) is 10.6. The Morgan fingerprint density at radius 3 is 3.22 bits per heavy atom. The third-order valence-electron chi connectivity index (χ3n) is 3.37. The number of aromatic nitrogens is 2. The van der Waals surface area contributed by atoms with E-state index >= 15 is 0 Å². The molecule has 1 unspecified atom stereocenters. The van der Waals surface area contributed by atoms with Crippen molar-refractivity contribution < 1.29 is 0 Å². The molecule has 2 N–H and O–H groups in total. The van der Waals surface area contributed by atoms with Gasteiger partial charge in [0.15, 0.2) is 0 Å². The van der Waals surface area contributed by atoms with E-state index in [0.717, 1.165) is 30.2 Å². The molecule has 0 radical (unpaired) electrons. The third kappa shape index (κ3) is 2.33. The van der Waals surface area contributed by atoms with Gasteiger partial charge in [0.2, 0.25) is 0 Å². The lowest BCUT2D eigenvalue weighted by Gasteiger charge is -2.24. The van der Waals surface area contributed by atoms with Gasteiger partial charge in [-0.25, -0.2) is 9.97 Å². The smallest absolute Gasteiger partial charge is 0.138 e. The van der Waals surface area contributed by atoms with Crippen molar-refractivity contribution in [2.75, 3.05) is 18.4 Å². The summed E-state index contributed by atoms with van der Waals surface area (Å²) >= 11 is 1.77. The molecule has 18 heavy (non-hydrogen) atoms. The highest BCUT2D eigenvalue weighted by atomic mass is 32.1. The van der Waals surface area contributed by atoms with E-state index in [1.165, 1.54) is 23.1 Å².